The van der Waals surface area contributed by atoms with Crippen LogP contribution in [-0.4, -0.2) is 25.2 Å². The van der Waals surface area contributed by atoms with Crippen molar-refractivity contribution >= 4 is 35.4 Å². The fourth-order valence-electron chi connectivity index (χ4n) is 3.41. The average Bonchev–Trinajstić information content (AvgIpc) is 2.86. The van der Waals surface area contributed by atoms with Crippen molar-refractivity contribution in [2.45, 2.75) is 25.3 Å². The summed E-state index contributed by atoms with van der Waals surface area (Å²) in [5.41, 5.74) is 4.97. The van der Waals surface area contributed by atoms with Crippen LogP contribution in [0.5, 0.6) is 0 Å². The maximum absolute atomic E-state index is 13.1. The smallest absolute Gasteiger partial charge is 0.330 e. The van der Waals surface area contributed by atoms with Crippen molar-refractivity contribution in [3.05, 3.63) is 90.0 Å². The first-order valence-electron chi connectivity index (χ1n) is 10.8. The van der Waals surface area contributed by atoms with Gasteiger partial charge in [0, 0.05) is 22.6 Å². The summed E-state index contributed by atoms with van der Waals surface area (Å²) < 4.78 is 4.66. The number of carbonyl (C=O) groups is 2. The van der Waals surface area contributed by atoms with E-state index in [9.17, 15) is 9.59 Å². The van der Waals surface area contributed by atoms with Gasteiger partial charge in [-0.3, -0.25) is 4.79 Å². The van der Waals surface area contributed by atoms with Crippen LogP contribution in [0.15, 0.2) is 83.8 Å². The van der Waals surface area contributed by atoms with Crippen molar-refractivity contribution in [1.29, 1.82) is 0 Å². The van der Waals surface area contributed by atoms with Crippen LogP contribution in [0.4, 0.5) is 5.69 Å². The molecule has 0 heterocycles. The molecule has 0 atom stereocenters. The zero-order valence-electron chi connectivity index (χ0n) is 19.4. The van der Waals surface area contributed by atoms with Gasteiger partial charge in [-0.25, -0.2) is 4.79 Å². The zero-order chi connectivity index (χ0) is 23.8. The van der Waals surface area contributed by atoms with Gasteiger partial charge in [0.15, 0.2) is 0 Å². The number of thioether (sulfide) groups is 1. The fourth-order valence-corrected chi connectivity index (χ4v) is 3.81. The number of hydrogen-bond acceptors (Lipinski definition) is 4. The SMILES string of the molecule is COC(=O)/C=C/c1cccc(N(Cc2ccc(-c3ccc(SC)cc3)cc2)C(=O)C(C)C)c1. The standard InChI is InChI=1S/C28H29NO3S/c1-20(2)28(31)29(25-7-5-6-21(18-25)10-17-27(30)32-3)19-22-8-11-23(12-9-22)24-13-15-26(33-4)16-14-24/h5-18,20H,19H2,1-4H3/b17-10+. The van der Waals surface area contributed by atoms with Crippen molar-refractivity contribution in [2.75, 3.05) is 18.3 Å². The number of hydrogen-bond donors (Lipinski definition) is 0. The third-order valence-corrected chi connectivity index (χ3v) is 6.02. The first-order chi connectivity index (χ1) is 15.9. The molecule has 0 radical (unpaired) electrons. The maximum atomic E-state index is 13.1. The lowest BCUT2D eigenvalue weighted by Crippen LogP contribution is -2.33. The molecule has 0 aliphatic rings. The summed E-state index contributed by atoms with van der Waals surface area (Å²) in [7, 11) is 1.34. The topological polar surface area (TPSA) is 46.6 Å². The number of rotatable bonds is 8. The minimum Gasteiger partial charge on any atom is -0.466 e. The highest BCUT2D eigenvalue weighted by molar-refractivity contribution is 7.98. The molecule has 0 aliphatic carbocycles. The highest BCUT2D eigenvalue weighted by atomic mass is 32.2. The highest BCUT2D eigenvalue weighted by Crippen LogP contribution is 2.26. The van der Waals surface area contributed by atoms with Gasteiger partial charge in [-0.1, -0.05) is 62.4 Å². The molecular formula is C28H29NO3S. The number of amides is 1. The average molecular weight is 460 g/mol. The molecule has 0 aliphatic heterocycles. The summed E-state index contributed by atoms with van der Waals surface area (Å²) in [5.74, 6) is -0.520. The molecule has 0 bridgehead atoms. The third kappa shape index (κ3) is 6.59. The molecule has 0 fully saturated rings. The molecule has 0 N–H and O–H groups in total. The van der Waals surface area contributed by atoms with E-state index < -0.39 is 5.97 Å². The van der Waals surface area contributed by atoms with Crippen LogP contribution in [0.25, 0.3) is 17.2 Å². The Morgan fingerprint density at radius 2 is 1.61 bits per heavy atom. The molecular weight excluding hydrogens is 430 g/mol. The predicted molar refractivity (Wildman–Crippen MR) is 137 cm³/mol. The van der Waals surface area contributed by atoms with Crippen molar-refractivity contribution < 1.29 is 14.3 Å². The number of esters is 1. The number of anilines is 1. The Balaban J connectivity index is 1.84. The predicted octanol–water partition coefficient (Wildman–Crippen LogP) is 6.45. The summed E-state index contributed by atoms with van der Waals surface area (Å²) in [6.45, 7) is 4.27. The van der Waals surface area contributed by atoms with Crippen LogP contribution >= 0.6 is 11.8 Å². The van der Waals surface area contributed by atoms with Crippen molar-refractivity contribution in [3.63, 3.8) is 0 Å². The van der Waals surface area contributed by atoms with Crippen LogP contribution < -0.4 is 4.90 Å². The Kier molecular flexibility index (Phi) is 8.50. The summed E-state index contributed by atoms with van der Waals surface area (Å²) >= 11 is 1.73. The third-order valence-electron chi connectivity index (χ3n) is 5.27. The summed E-state index contributed by atoms with van der Waals surface area (Å²) in [6, 6.07) is 24.4. The Morgan fingerprint density at radius 1 is 0.970 bits per heavy atom. The molecule has 3 rings (SSSR count). The molecule has 1 amide bonds. The monoisotopic (exact) mass is 459 g/mol. The van der Waals surface area contributed by atoms with Crippen molar-refractivity contribution in [3.8, 4) is 11.1 Å². The first-order valence-corrected chi connectivity index (χ1v) is 12.0. The number of benzene rings is 3. The largest absolute Gasteiger partial charge is 0.466 e. The molecule has 0 aromatic heterocycles. The Hall–Kier alpha value is -3.31. The molecule has 0 saturated carbocycles. The summed E-state index contributed by atoms with van der Waals surface area (Å²) in [4.78, 5) is 27.5. The van der Waals surface area contributed by atoms with E-state index >= 15 is 0 Å². The number of ether oxygens (including phenoxy) is 1. The molecule has 3 aromatic rings. The normalized spacial score (nSPS) is 11.1. The van der Waals surface area contributed by atoms with Gasteiger partial charge < -0.3 is 9.64 Å². The fraction of sp³-hybridized carbons (Fsp3) is 0.214. The van der Waals surface area contributed by atoms with E-state index in [4.69, 9.17) is 0 Å². The lowest BCUT2D eigenvalue weighted by Gasteiger charge is -2.25. The minimum absolute atomic E-state index is 0.0424. The van der Waals surface area contributed by atoms with Crippen LogP contribution in [0.1, 0.15) is 25.0 Å². The van der Waals surface area contributed by atoms with Crippen LogP contribution in [0.3, 0.4) is 0 Å². The van der Waals surface area contributed by atoms with Crippen molar-refractivity contribution in [2.24, 2.45) is 5.92 Å². The molecule has 170 valence electrons. The molecule has 33 heavy (non-hydrogen) atoms. The summed E-state index contributed by atoms with van der Waals surface area (Å²) in [6.07, 6.45) is 5.13. The second-order valence-corrected chi connectivity index (χ2v) is 8.84. The Bertz CT molecular complexity index is 1120. The van der Waals surface area contributed by atoms with Crippen LogP contribution in [-0.2, 0) is 20.9 Å². The Labute approximate surface area is 200 Å². The quantitative estimate of drug-likeness (QED) is 0.221. The van der Waals surface area contributed by atoms with E-state index in [1.165, 1.54) is 23.6 Å². The molecule has 4 nitrogen and oxygen atoms in total. The first kappa shape index (κ1) is 24.3. The molecule has 0 spiro atoms. The molecule has 5 heteroatoms. The lowest BCUT2D eigenvalue weighted by atomic mass is 10.0. The minimum atomic E-state index is -0.418. The van der Waals surface area contributed by atoms with E-state index in [2.05, 4.69) is 59.5 Å². The highest BCUT2D eigenvalue weighted by Gasteiger charge is 2.19. The van der Waals surface area contributed by atoms with Gasteiger partial charge in [-0.2, -0.15) is 0 Å². The second-order valence-electron chi connectivity index (χ2n) is 7.96. The maximum Gasteiger partial charge on any atom is 0.330 e. The van der Waals surface area contributed by atoms with Gasteiger partial charge in [0.05, 0.1) is 13.7 Å². The lowest BCUT2D eigenvalue weighted by molar-refractivity contribution is -0.134. The zero-order valence-corrected chi connectivity index (χ0v) is 20.3. The van der Waals surface area contributed by atoms with Gasteiger partial charge in [0.25, 0.3) is 0 Å². The molecule has 3 aromatic carbocycles. The van der Waals surface area contributed by atoms with E-state index in [0.717, 1.165) is 22.4 Å². The van der Waals surface area contributed by atoms with Gasteiger partial charge in [-0.05, 0) is 58.9 Å². The Morgan fingerprint density at radius 3 is 2.18 bits per heavy atom. The number of methoxy groups -OCH3 is 1. The van der Waals surface area contributed by atoms with Gasteiger partial charge in [0.1, 0.15) is 0 Å². The van der Waals surface area contributed by atoms with Crippen LogP contribution in [0, 0.1) is 5.92 Å². The van der Waals surface area contributed by atoms with Crippen LogP contribution in [0.2, 0.25) is 0 Å². The van der Waals surface area contributed by atoms with E-state index in [1.54, 1.807) is 22.7 Å². The van der Waals surface area contributed by atoms with Gasteiger partial charge >= 0.3 is 5.97 Å². The van der Waals surface area contributed by atoms with E-state index in [-0.39, 0.29) is 11.8 Å². The van der Waals surface area contributed by atoms with Crippen molar-refractivity contribution in [1.82, 2.24) is 0 Å². The van der Waals surface area contributed by atoms with Gasteiger partial charge in [0.2, 0.25) is 5.91 Å². The number of nitrogens with zero attached hydrogens (tertiary/aromatic N) is 1. The molecule has 0 saturated heterocycles. The van der Waals surface area contributed by atoms with E-state index in [0.29, 0.717) is 6.54 Å². The van der Waals surface area contributed by atoms with E-state index in [1.807, 2.05) is 38.1 Å². The van der Waals surface area contributed by atoms with Gasteiger partial charge in [-0.15, -0.1) is 11.8 Å². The summed E-state index contributed by atoms with van der Waals surface area (Å²) in [5, 5.41) is 0. The molecule has 0 unspecified atom stereocenters. The second kappa shape index (κ2) is 11.5. The number of carbonyl (C=O) groups excluding carboxylic acids is 2.